The Balaban J connectivity index is 2.44. The van der Waals surface area contributed by atoms with E-state index in [0.29, 0.717) is 0 Å². The second kappa shape index (κ2) is 7.06. The summed E-state index contributed by atoms with van der Waals surface area (Å²) in [5.74, 6) is -0.796. The highest BCUT2D eigenvalue weighted by atomic mass is 32.2. The highest BCUT2D eigenvalue weighted by Gasteiger charge is 2.18. The number of nitro groups is 1. The van der Waals surface area contributed by atoms with Gasteiger partial charge in [-0.3, -0.25) is 4.52 Å². The monoisotopic (exact) mass is 344 g/mol. The molecule has 21 heavy (non-hydrogen) atoms. The number of hydrogen-bond acceptors (Lipinski definition) is 7. The molecule has 0 atom stereocenters. The molecule has 0 aromatic carbocycles. The molecule has 0 fully saturated rings. The lowest BCUT2D eigenvalue weighted by molar-refractivity contribution is -0.392. The van der Waals surface area contributed by atoms with Gasteiger partial charge < -0.3 is 19.9 Å². The fraction of sp³-hybridized carbons (Fsp3) is 0.571. The van der Waals surface area contributed by atoms with Gasteiger partial charge in [-0.2, -0.15) is 0 Å². The number of aromatic nitrogens is 2. The van der Waals surface area contributed by atoms with E-state index in [9.17, 15) is 23.1 Å². The van der Waals surface area contributed by atoms with Crippen LogP contribution in [-0.2, 0) is 25.7 Å². The van der Waals surface area contributed by atoms with Gasteiger partial charge in [0, 0.05) is 6.54 Å². The molecule has 120 valence electrons. The van der Waals surface area contributed by atoms with E-state index in [1.807, 2.05) is 4.72 Å². The van der Waals surface area contributed by atoms with E-state index < -0.39 is 35.1 Å². The average molecular weight is 344 g/mol. The number of rotatable bonds is 9. The Morgan fingerprint density at radius 3 is 2.76 bits per heavy atom. The van der Waals surface area contributed by atoms with E-state index in [2.05, 4.69) is 9.51 Å². The maximum Gasteiger partial charge on any atom is 0.469 e. The SMILES string of the molecule is O=[N+]([O-])c1cncn1CCS(=O)(=O)NCCOP(=O)(O)O. The van der Waals surface area contributed by atoms with Crippen LogP contribution in [0.5, 0.6) is 0 Å². The maximum absolute atomic E-state index is 11.6. The molecule has 0 radical (unpaired) electrons. The van der Waals surface area contributed by atoms with Crippen LogP contribution >= 0.6 is 7.82 Å². The average Bonchev–Trinajstić information content (AvgIpc) is 2.80. The first-order chi connectivity index (χ1) is 9.61. The van der Waals surface area contributed by atoms with Gasteiger partial charge in [-0.05, 0) is 4.92 Å². The lowest BCUT2D eigenvalue weighted by Gasteiger charge is -2.07. The standard InChI is InChI=1S/C7H13N4O8PS/c12-11(13)7-5-8-6-10(7)2-4-21(17,18)9-1-3-19-20(14,15)16/h5-6,9H,1-4H2,(H2,14,15,16). The molecular formula is C7H13N4O8PS. The zero-order chi connectivity index (χ0) is 16.1. The number of aryl methyl sites for hydroxylation is 1. The fourth-order valence-corrected chi connectivity index (χ4v) is 2.60. The summed E-state index contributed by atoms with van der Waals surface area (Å²) in [6.07, 6.45) is 2.12. The van der Waals surface area contributed by atoms with Crippen molar-refractivity contribution in [3.05, 3.63) is 22.6 Å². The van der Waals surface area contributed by atoms with Gasteiger partial charge in [0.15, 0.2) is 6.33 Å². The molecule has 0 aliphatic carbocycles. The lowest BCUT2D eigenvalue weighted by atomic mass is 10.6. The zero-order valence-corrected chi connectivity index (χ0v) is 12.2. The van der Waals surface area contributed by atoms with E-state index in [1.165, 1.54) is 0 Å². The maximum atomic E-state index is 11.6. The van der Waals surface area contributed by atoms with Crippen molar-refractivity contribution >= 4 is 23.7 Å². The highest BCUT2D eigenvalue weighted by molar-refractivity contribution is 7.89. The van der Waals surface area contributed by atoms with E-state index >= 15 is 0 Å². The number of hydrogen-bond donors (Lipinski definition) is 3. The molecule has 14 heteroatoms. The molecule has 0 saturated carbocycles. The van der Waals surface area contributed by atoms with Crippen LogP contribution in [0, 0.1) is 10.1 Å². The van der Waals surface area contributed by atoms with Gasteiger partial charge in [-0.1, -0.05) is 0 Å². The molecule has 1 aromatic rings. The predicted octanol–water partition coefficient (Wildman–Crippen LogP) is -1.18. The van der Waals surface area contributed by atoms with Gasteiger partial charge in [0.25, 0.3) is 0 Å². The van der Waals surface area contributed by atoms with Crippen molar-refractivity contribution < 1.29 is 32.2 Å². The normalized spacial score (nSPS) is 12.5. The minimum absolute atomic E-state index is 0.189. The second-order valence-electron chi connectivity index (χ2n) is 3.74. The molecule has 12 nitrogen and oxygen atoms in total. The summed E-state index contributed by atoms with van der Waals surface area (Å²) in [6.45, 7) is -1.03. The van der Waals surface area contributed by atoms with Crippen LogP contribution in [-0.4, -0.2) is 51.6 Å². The first kappa shape index (κ1) is 17.7. The van der Waals surface area contributed by atoms with Gasteiger partial charge in [-0.15, -0.1) is 0 Å². The first-order valence-corrected chi connectivity index (χ1v) is 8.61. The minimum atomic E-state index is -4.64. The van der Waals surface area contributed by atoms with Crippen LogP contribution in [0.25, 0.3) is 0 Å². The molecule has 0 unspecified atom stereocenters. The van der Waals surface area contributed by atoms with Crippen molar-refractivity contribution in [3.8, 4) is 0 Å². The second-order valence-corrected chi connectivity index (χ2v) is 6.91. The smallest absolute Gasteiger partial charge is 0.358 e. The highest BCUT2D eigenvalue weighted by Crippen LogP contribution is 2.35. The fourth-order valence-electron chi connectivity index (χ4n) is 1.29. The van der Waals surface area contributed by atoms with E-state index in [1.54, 1.807) is 0 Å². The van der Waals surface area contributed by atoms with Crippen LogP contribution in [0.1, 0.15) is 0 Å². The summed E-state index contributed by atoms with van der Waals surface area (Å²) in [5, 5.41) is 10.6. The topological polar surface area (TPSA) is 174 Å². The van der Waals surface area contributed by atoms with E-state index in [-0.39, 0.29) is 18.9 Å². The largest absolute Gasteiger partial charge is 0.469 e. The number of nitrogens with one attached hydrogen (secondary N) is 1. The Morgan fingerprint density at radius 2 is 2.19 bits per heavy atom. The molecule has 0 spiro atoms. The third-order valence-corrected chi connectivity index (χ3v) is 4.04. The molecule has 3 N–H and O–H groups in total. The molecule has 1 aromatic heterocycles. The van der Waals surface area contributed by atoms with Crippen LogP contribution in [0.2, 0.25) is 0 Å². The number of sulfonamides is 1. The third kappa shape index (κ3) is 6.75. The molecule has 1 rings (SSSR count). The molecular weight excluding hydrogens is 331 g/mol. The Hall–Kier alpha value is -1.37. The van der Waals surface area contributed by atoms with Crippen molar-refractivity contribution in [3.63, 3.8) is 0 Å². The summed E-state index contributed by atoms with van der Waals surface area (Å²) >= 11 is 0. The van der Waals surface area contributed by atoms with Crippen LogP contribution in [0.4, 0.5) is 5.82 Å². The molecule has 0 saturated heterocycles. The van der Waals surface area contributed by atoms with Gasteiger partial charge >= 0.3 is 13.6 Å². The predicted molar refractivity (Wildman–Crippen MR) is 68.7 cm³/mol. The minimum Gasteiger partial charge on any atom is -0.358 e. The molecule has 0 bridgehead atoms. The Labute approximate surface area is 119 Å². The Kier molecular flexibility index (Phi) is 5.95. The molecule has 0 aliphatic heterocycles. The van der Waals surface area contributed by atoms with Gasteiger partial charge in [0.2, 0.25) is 10.0 Å². The zero-order valence-electron chi connectivity index (χ0n) is 10.5. The summed E-state index contributed by atoms with van der Waals surface area (Å²) in [5.41, 5.74) is 0. The van der Waals surface area contributed by atoms with Crippen molar-refractivity contribution in [2.45, 2.75) is 6.54 Å². The first-order valence-electron chi connectivity index (χ1n) is 5.43. The van der Waals surface area contributed by atoms with Crippen molar-refractivity contribution in [1.29, 1.82) is 0 Å². The van der Waals surface area contributed by atoms with Crippen molar-refractivity contribution in [2.24, 2.45) is 0 Å². The van der Waals surface area contributed by atoms with Gasteiger partial charge in [-0.25, -0.2) is 27.3 Å². The Bertz CT molecular complexity index is 637. The summed E-state index contributed by atoms with van der Waals surface area (Å²) < 4.78 is 40.7. The molecule has 0 aliphatic rings. The number of phosphoric ester groups is 1. The number of nitrogens with zero attached hydrogens (tertiary/aromatic N) is 3. The van der Waals surface area contributed by atoms with Crippen LogP contribution < -0.4 is 4.72 Å². The van der Waals surface area contributed by atoms with Gasteiger partial charge in [0.1, 0.15) is 18.5 Å². The number of phosphoric acid groups is 1. The summed E-state index contributed by atoms with van der Waals surface area (Å²) in [6, 6.07) is 0. The summed E-state index contributed by atoms with van der Waals surface area (Å²) in [7, 11) is -8.41. The van der Waals surface area contributed by atoms with Gasteiger partial charge in [0.05, 0.1) is 6.61 Å². The van der Waals surface area contributed by atoms with Crippen LogP contribution in [0.15, 0.2) is 12.5 Å². The van der Waals surface area contributed by atoms with Crippen molar-refractivity contribution in [2.75, 3.05) is 18.9 Å². The molecule has 0 amide bonds. The number of imidazole rings is 1. The van der Waals surface area contributed by atoms with Crippen molar-refractivity contribution in [1.82, 2.24) is 14.3 Å². The molecule has 1 heterocycles. The summed E-state index contributed by atoms with van der Waals surface area (Å²) in [4.78, 5) is 30.2. The van der Waals surface area contributed by atoms with E-state index in [4.69, 9.17) is 9.79 Å². The lowest BCUT2D eigenvalue weighted by Crippen LogP contribution is -2.31. The Morgan fingerprint density at radius 1 is 1.52 bits per heavy atom. The third-order valence-electron chi connectivity index (χ3n) is 2.16. The quantitative estimate of drug-likeness (QED) is 0.215. The van der Waals surface area contributed by atoms with Crippen LogP contribution in [0.3, 0.4) is 0 Å². The van der Waals surface area contributed by atoms with E-state index in [0.717, 1.165) is 17.1 Å².